The number of halogens is 3. The Morgan fingerprint density at radius 2 is 2.22 bits per heavy atom. The van der Waals surface area contributed by atoms with E-state index in [2.05, 4.69) is 20.7 Å². The van der Waals surface area contributed by atoms with Gasteiger partial charge >= 0.3 is 5.97 Å². The maximum atomic E-state index is 13.6. The number of hydrogen-bond acceptors (Lipinski definition) is 4. The van der Waals surface area contributed by atoms with Crippen LogP contribution in [0, 0.1) is 0 Å². The van der Waals surface area contributed by atoms with Crippen LogP contribution in [0.3, 0.4) is 0 Å². The molecule has 7 heteroatoms. The van der Waals surface area contributed by atoms with Gasteiger partial charge < -0.3 is 15.6 Å². The van der Waals surface area contributed by atoms with E-state index in [9.17, 15) is 14.3 Å². The average Bonchev–Trinajstić information content (AvgIpc) is 2.31. The van der Waals surface area contributed by atoms with E-state index in [0.29, 0.717) is 4.47 Å². The molecule has 3 N–H and O–H groups in total. The van der Waals surface area contributed by atoms with Gasteiger partial charge in [-0.3, -0.25) is 0 Å². The van der Waals surface area contributed by atoms with Crippen molar-refractivity contribution in [2.45, 2.75) is 19.1 Å². The number of ether oxygens (including phenoxy) is 1. The fourth-order valence-corrected chi connectivity index (χ4v) is 1.71. The van der Waals surface area contributed by atoms with Crippen molar-refractivity contribution in [1.29, 1.82) is 0 Å². The first kappa shape index (κ1) is 17.2. The molecular weight excluding hydrogens is 328 g/mol. The predicted octanol–water partition coefficient (Wildman–Crippen LogP) is 2.48. The Hall–Kier alpha value is -0.850. The SMILES string of the molecule is CCOC(=O)C(F)[C@H](N)c1cccc(Br)c1O.Cl. The third kappa shape index (κ3) is 3.83. The van der Waals surface area contributed by atoms with Gasteiger partial charge in [0.2, 0.25) is 6.17 Å². The van der Waals surface area contributed by atoms with E-state index < -0.39 is 18.2 Å². The number of carbonyl (C=O) groups excluding carboxylic acids is 1. The first-order chi connectivity index (χ1) is 7.99. The number of hydrogen-bond donors (Lipinski definition) is 2. The Morgan fingerprint density at radius 3 is 2.78 bits per heavy atom. The molecule has 1 unspecified atom stereocenters. The minimum Gasteiger partial charge on any atom is -0.506 e. The molecule has 0 amide bonds. The van der Waals surface area contributed by atoms with Crippen molar-refractivity contribution in [2.75, 3.05) is 6.61 Å². The number of para-hydroxylation sites is 1. The van der Waals surface area contributed by atoms with Crippen LogP contribution in [0.2, 0.25) is 0 Å². The second kappa shape index (κ2) is 7.56. The van der Waals surface area contributed by atoms with Crippen LogP contribution in [0.15, 0.2) is 22.7 Å². The number of esters is 1. The molecule has 1 rings (SSSR count). The first-order valence-corrected chi connectivity index (χ1v) is 5.82. The lowest BCUT2D eigenvalue weighted by Crippen LogP contribution is -2.31. The number of nitrogens with two attached hydrogens (primary N) is 1. The second-order valence-electron chi connectivity index (χ2n) is 3.36. The van der Waals surface area contributed by atoms with Crippen LogP contribution in [0.25, 0.3) is 0 Å². The van der Waals surface area contributed by atoms with Crippen LogP contribution in [-0.4, -0.2) is 23.9 Å². The second-order valence-corrected chi connectivity index (χ2v) is 4.21. The van der Waals surface area contributed by atoms with Gasteiger partial charge in [-0.1, -0.05) is 12.1 Å². The third-order valence-electron chi connectivity index (χ3n) is 2.20. The molecule has 0 aliphatic rings. The summed E-state index contributed by atoms with van der Waals surface area (Å²) in [7, 11) is 0. The molecule has 0 bridgehead atoms. The maximum Gasteiger partial charge on any atom is 0.342 e. The molecule has 102 valence electrons. The topological polar surface area (TPSA) is 72.5 Å². The Labute approximate surface area is 119 Å². The molecule has 0 aromatic heterocycles. The van der Waals surface area contributed by atoms with Gasteiger partial charge in [0.15, 0.2) is 0 Å². The van der Waals surface area contributed by atoms with Crippen LogP contribution < -0.4 is 5.73 Å². The summed E-state index contributed by atoms with van der Waals surface area (Å²) in [5, 5.41) is 9.68. The zero-order valence-electron chi connectivity index (χ0n) is 9.60. The third-order valence-corrected chi connectivity index (χ3v) is 2.84. The summed E-state index contributed by atoms with van der Waals surface area (Å²) in [6, 6.07) is 3.38. The van der Waals surface area contributed by atoms with Gasteiger partial charge in [-0.2, -0.15) is 0 Å². The summed E-state index contributed by atoms with van der Waals surface area (Å²) in [6.07, 6.45) is -2.00. The van der Waals surface area contributed by atoms with Crippen molar-refractivity contribution in [1.82, 2.24) is 0 Å². The van der Waals surface area contributed by atoms with Crippen LogP contribution in [0.1, 0.15) is 18.5 Å². The van der Waals surface area contributed by atoms with Gasteiger partial charge in [0.05, 0.1) is 17.1 Å². The summed E-state index contributed by atoms with van der Waals surface area (Å²) in [5.74, 6) is -1.20. The summed E-state index contributed by atoms with van der Waals surface area (Å²) in [6.45, 7) is 1.66. The molecule has 1 aromatic carbocycles. The molecule has 4 nitrogen and oxygen atoms in total. The van der Waals surface area contributed by atoms with E-state index in [1.54, 1.807) is 19.1 Å². The highest BCUT2D eigenvalue weighted by Gasteiger charge is 2.29. The number of aromatic hydroxyl groups is 1. The van der Waals surface area contributed by atoms with Crippen molar-refractivity contribution >= 4 is 34.3 Å². The average molecular weight is 343 g/mol. The van der Waals surface area contributed by atoms with Gasteiger partial charge in [-0.05, 0) is 28.9 Å². The fraction of sp³-hybridized carbons (Fsp3) is 0.364. The highest BCUT2D eigenvalue weighted by Crippen LogP contribution is 2.32. The smallest absolute Gasteiger partial charge is 0.342 e. The molecule has 2 atom stereocenters. The van der Waals surface area contributed by atoms with Crippen molar-refractivity contribution in [3.05, 3.63) is 28.2 Å². The molecular formula is C11H14BrClFNO3. The van der Waals surface area contributed by atoms with E-state index >= 15 is 0 Å². The Morgan fingerprint density at radius 1 is 1.61 bits per heavy atom. The molecule has 18 heavy (non-hydrogen) atoms. The lowest BCUT2D eigenvalue weighted by Gasteiger charge is -2.17. The summed E-state index contributed by atoms with van der Waals surface area (Å²) in [5.41, 5.74) is 5.74. The van der Waals surface area contributed by atoms with E-state index in [-0.39, 0.29) is 30.3 Å². The normalized spacial score (nSPS) is 13.3. The molecule has 1 aromatic rings. The van der Waals surface area contributed by atoms with Gasteiger partial charge in [0.1, 0.15) is 5.75 Å². The highest BCUT2D eigenvalue weighted by atomic mass is 79.9. The monoisotopic (exact) mass is 341 g/mol. The van der Waals surface area contributed by atoms with E-state index in [4.69, 9.17) is 5.73 Å². The number of phenols is 1. The molecule has 0 aliphatic carbocycles. The largest absolute Gasteiger partial charge is 0.506 e. The van der Waals surface area contributed by atoms with Crippen LogP contribution in [0.4, 0.5) is 4.39 Å². The lowest BCUT2D eigenvalue weighted by atomic mass is 10.0. The van der Waals surface area contributed by atoms with Gasteiger partial charge in [0, 0.05) is 5.56 Å². The van der Waals surface area contributed by atoms with Crippen molar-refractivity contribution in [3.63, 3.8) is 0 Å². The molecule has 0 fully saturated rings. The molecule has 0 aliphatic heterocycles. The summed E-state index contributed by atoms with van der Waals surface area (Å²) >= 11 is 3.09. The molecule has 0 saturated heterocycles. The van der Waals surface area contributed by atoms with Crippen LogP contribution in [0.5, 0.6) is 5.75 Å². The molecule has 0 spiro atoms. The van der Waals surface area contributed by atoms with Crippen molar-refractivity contribution in [2.24, 2.45) is 5.73 Å². The zero-order valence-corrected chi connectivity index (χ0v) is 12.0. The summed E-state index contributed by atoms with van der Waals surface area (Å²) in [4.78, 5) is 11.2. The van der Waals surface area contributed by atoms with Gasteiger partial charge in [-0.15, -0.1) is 12.4 Å². The number of benzene rings is 1. The predicted molar refractivity (Wildman–Crippen MR) is 71.5 cm³/mol. The maximum absolute atomic E-state index is 13.6. The number of carbonyl (C=O) groups is 1. The quantitative estimate of drug-likeness (QED) is 0.825. The number of alkyl halides is 1. The standard InChI is InChI=1S/C11H13BrFNO3.ClH/c1-2-17-11(16)8(13)9(14)6-4-3-5-7(12)10(6)15;/h3-5,8-9,15H,2,14H2,1H3;1H/t8?,9-;/m1./s1. The Balaban J connectivity index is 0.00000289. The van der Waals surface area contributed by atoms with E-state index in [1.165, 1.54) is 6.07 Å². The molecule has 0 saturated carbocycles. The highest BCUT2D eigenvalue weighted by molar-refractivity contribution is 9.10. The number of phenolic OH excluding ortho intramolecular Hbond substituents is 1. The zero-order chi connectivity index (χ0) is 13.0. The minimum absolute atomic E-state index is 0. The van der Waals surface area contributed by atoms with Crippen LogP contribution in [-0.2, 0) is 9.53 Å². The van der Waals surface area contributed by atoms with Crippen LogP contribution >= 0.6 is 28.3 Å². The van der Waals surface area contributed by atoms with Gasteiger partial charge in [0.25, 0.3) is 0 Å². The summed E-state index contributed by atoms with van der Waals surface area (Å²) < 4.78 is 18.6. The van der Waals surface area contributed by atoms with Crippen molar-refractivity contribution in [3.8, 4) is 5.75 Å². The molecule has 0 heterocycles. The van der Waals surface area contributed by atoms with E-state index in [1.807, 2.05) is 0 Å². The number of rotatable bonds is 4. The van der Waals surface area contributed by atoms with Gasteiger partial charge in [-0.25, -0.2) is 9.18 Å². The Bertz CT molecular complexity index is 419. The minimum atomic E-state index is -2.00. The Kier molecular flexibility index (Phi) is 7.20. The first-order valence-electron chi connectivity index (χ1n) is 5.02. The fourth-order valence-electron chi connectivity index (χ4n) is 1.33. The molecule has 0 radical (unpaired) electrons. The van der Waals surface area contributed by atoms with Crippen molar-refractivity contribution < 1.29 is 19.0 Å². The lowest BCUT2D eigenvalue weighted by molar-refractivity contribution is -0.149. The van der Waals surface area contributed by atoms with E-state index in [0.717, 1.165) is 0 Å².